The molecule has 0 unspecified atom stereocenters. The Bertz CT molecular complexity index is 953. The van der Waals surface area contributed by atoms with E-state index in [0.717, 1.165) is 68.1 Å². The third-order valence-electron chi connectivity index (χ3n) is 5.66. The Morgan fingerprint density at radius 3 is 2.21 bits per heavy atom. The number of urea groups is 1. The molecule has 33 heavy (non-hydrogen) atoms. The van der Waals surface area contributed by atoms with Crippen molar-refractivity contribution in [2.24, 2.45) is 0 Å². The van der Waals surface area contributed by atoms with Crippen molar-refractivity contribution in [1.29, 1.82) is 0 Å². The number of hydrogen-bond donors (Lipinski definition) is 3. The first-order valence-corrected chi connectivity index (χ1v) is 11.4. The van der Waals surface area contributed by atoms with Gasteiger partial charge in [0, 0.05) is 57.9 Å². The standard InChI is InChI=1S/C25H33N5O3/c1-19(31)27-24-7-5-6-22(18-24)21-8-10-23(11-9-21)28-25(33)26-12-3-4-13-29-14-16-30(17-15-29)20(2)32/h5-11,18H,3-4,12-17H2,1-2H3,(H,27,31)(H2,26,28,33). The molecular formula is C25H33N5O3. The number of benzene rings is 2. The van der Waals surface area contributed by atoms with E-state index >= 15 is 0 Å². The van der Waals surface area contributed by atoms with Crippen LogP contribution in [0.3, 0.4) is 0 Å². The molecule has 0 aromatic heterocycles. The smallest absolute Gasteiger partial charge is 0.319 e. The van der Waals surface area contributed by atoms with Crippen molar-refractivity contribution in [2.45, 2.75) is 26.7 Å². The maximum absolute atomic E-state index is 12.2. The van der Waals surface area contributed by atoms with Crippen LogP contribution in [-0.2, 0) is 9.59 Å². The van der Waals surface area contributed by atoms with Crippen LogP contribution >= 0.6 is 0 Å². The van der Waals surface area contributed by atoms with E-state index in [-0.39, 0.29) is 17.8 Å². The van der Waals surface area contributed by atoms with Crippen molar-refractivity contribution in [3.05, 3.63) is 48.5 Å². The van der Waals surface area contributed by atoms with E-state index in [1.165, 1.54) is 6.92 Å². The highest BCUT2D eigenvalue weighted by molar-refractivity contribution is 5.90. The lowest BCUT2D eigenvalue weighted by Gasteiger charge is -2.34. The van der Waals surface area contributed by atoms with Gasteiger partial charge in [0.2, 0.25) is 11.8 Å². The topological polar surface area (TPSA) is 93.8 Å². The van der Waals surface area contributed by atoms with Crippen molar-refractivity contribution in [3.63, 3.8) is 0 Å². The molecule has 1 heterocycles. The molecule has 2 aromatic rings. The summed E-state index contributed by atoms with van der Waals surface area (Å²) in [5.74, 6) is 0.0425. The van der Waals surface area contributed by atoms with Crippen molar-refractivity contribution >= 4 is 29.2 Å². The minimum Gasteiger partial charge on any atom is -0.340 e. The predicted molar refractivity (Wildman–Crippen MR) is 131 cm³/mol. The van der Waals surface area contributed by atoms with Crippen LogP contribution in [0.25, 0.3) is 11.1 Å². The van der Waals surface area contributed by atoms with E-state index in [4.69, 9.17) is 0 Å². The number of anilines is 2. The SMILES string of the molecule is CC(=O)Nc1cccc(-c2ccc(NC(=O)NCCCCN3CCN(C(C)=O)CC3)cc2)c1. The monoisotopic (exact) mass is 451 g/mol. The van der Waals surface area contributed by atoms with E-state index in [9.17, 15) is 14.4 Å². The van der Waals surface area contributed by atoms with Crippen LogP contribution in [0.1, 0.15) is 26.7 Å². The molecule has 0 radical (unpaired) electrons. The first-order chi connectivity index (χ1) is 15.9. The number of piperazine rings is 1. The predicted octanol–water partition coefficient (Wildman–Crippen LogP) is 3.38. The highest BCUT2D eigenvalue weighted by Gasteiger charge is 2.17. The number of nitrogens with zero attached hydrogens (tertiary/aromatic N) is 2. The van der Waals surface area contributed by atoms with E-state index in [2.05, 4.69) is 20.9 Å². The largest absolute Gasteiger partial charge is 0.340 e. The minimum absolute atomic E-state index is 0.106. The number of rotatable bonds is 8. The molecule has 176 valence electrons. The molecule has 0 spiro atoms. The Labute approximate surface area is 195 Å². The van der Waals surface area contributed by atoms with Gasteiger partial charge in [-0.05, 0) is 54.8 Å². The molecule has 3 rings (SSSR count). The second kappa shape index (κ2) is 12.0. The van der Waals surface area contributed by atoms with Gasteiger partial charge in [0.05, 0.1) is 0 Å². The van der Waals surface area contributed by atoms with E-state index in [0.29, 0.717) is 6.54 Å². The lowest BCUT2D eigenvalue weighted by atomic mass is 10.0. The fraction of sp³-hybridized carbons (Fsp3) is 0.400. The summed E-state index contributed by atoms with van der Waals surface area (Å²) in [4.78, 5) is 39.1. The summed E-state index contributed by atoms with van der Waals surface area (Å²) in [5.41, 5.74) is 3.45. The highest BCUT2D eigenvalue weighted by atomic mass is 16.2. The van der Waals surface area contributed by atoms with Crippen LogP contribution in [0.15, 0.2) is 48.5 Å². The van der Waals surface area contributed by atoms with Gasteiger partial charge in [-0.15, -0.1) is 0 Å². The molecule has 3 N–H and O–H groups in total. The van der Waals surface area contributed by atoms with Gasteiger partial charge < -0.3 is 20.9 Å². The molecule has 0 saturated carbocycles. The second-order valence-electron chi connectivity index (χ2n) is 8.28. The van der Waals surface area contributed by atoms with Crippen LogP contribution in [0.2, 0.25) is 0 Å². The summed E-state index contributed by atoms with van der Waals surface area (Å²) < 4.78 is 0. The van der Waals surface area contributed by atoms with Crippen LogP contribution in [-0.4, -0.2) is 66.9 Å². The average molecular weight is 452 g/mol. The maximum Gasteiger partial charge on any atom is 0.319 e. The van der Waals surface area contributed by atoms with E-state index in [1.54, 1.807) is 6.92 Å². The Morgan fingerprint density at radius 2 is 1.55 bits per heavy atom. The number of nitrogens with one attached hydrogen (secondary N) is 3. The molecular weight excluding hydrogens is 418 g/mol. The van der Waals surface area contributed by atoms with Crippen LogP contribution < -0.4 is 16.0 Å². The van der Waals surface area contributed by atoms with Gasteiger partial charge in [0.1, 0.15) is 0 Å². The zero-order valence-electron chi connectivity index (χ0n) is 19.4. The lowest BCUT2D eigenvalue weighted by Crippen LogP contribution is -2.48. The Morgan fingerprint density at radius 1 is 0.818 bits per heavy atom. The molecule has 0 atom stereocenters. The zero-order chi connectivity index (χ0) is 23.6. The van der Waals surface area contributed by atoms with Crippen LogP contribution in [0, 0.1) is 0 Å². The Kier molecular flexibility index (Phi) is 8.83. The second-order valence-corrected chi connectivity index (χ2v) is 8.28. The summed E-state index contributed by atoms with van der Waals surface area (Å²) in [6.07, 6.45) is 1.91. The third-order valence-corrected chi connectivity index (χ3v) is 5.66. The van der Waals surface area contributed by atoms with E-state index < -0.39 is 0 Å². The minimum atomic E-state index is -0.217. The molecule has 1 saturated heterocycles. The van der Waals surface area contributed by atoms with Gasteiger partial charge in [-0.3, -0.25) is 14.5 Å². The lowest BCUT2D eigenvalue weighted by molar-refractivity contribution is -0.130. The Balaban J connectivity index is 1.35. The summed E-state index contributed by atoms with van der Waals surface area (Å²) >= 11 is 0. The molecule has 1 fully saturated rings. The van der Waals surface area contributed by atoms with Gasteiger partial charge in [-0.2, -0.15) is 0 Å². The first-order valence-electron chi connectivity index (χ1n) is 11.4. The van der Waals surface area contributed by atoms with E-state index in [1.807, 2.05) is 53.4 Å². The fourth-order valence-corrected chi connectivity index (χ4v) is 3.85. The molecule has 4 amide bonds. The zero-order valence-corrected chi connectivity index (χ0v) is 19.4. The molecule has 0 aliphatic carbocycles. The van der Waals surface area contributed by atoms with Crippen molar-refractivity contribution in [3.8, 4) is 11.1 Å². The summed E-state index contributed by atoms with van der Waals surface area (Å²) in [5, 5.41) is 8.54. The van der Waals surface area contributed by atoms with Gasteiger partial charge in [0.15, 0.2) is 0 Å². The normalized spacial score (nSPS) is 13.9. The number of amides is 4. The number of hydrogen-bond acceptors (Lipinski definition) is 4. The van der Waals surface area contributed by atoms with Gasteiger partial charge in [0.25, 0.3) is 0 Å². The molecule has 1 aliphatic rings. The Hall–Kier alpha value is -3.39. The molecule has 1 aliphatic heterocycles. The highest BCUT2D eigenvalue weighted by Crippen LogP contribution is 2.24. The third kappa shape index (κ3) is 7.91. The summed E-state index contributed by atoms with van der Waals surface area (Å²) in [7, 11) is 0. The van der Waals surface area contributed by atoms with Crippen molar-refractivity contribution < 1.29 is 14.4 Å². The van der Waals surface area contributed by atoms with Crippen LogP contribution in [0.4, 0.5) is 16.2 Å². The maximum atomic E-state index is 12.2. The van der Waals surface area contributed by atoms with Crippen LogP contribution in [0.5, 0.6) is 0 Å². The van der Waals surface area contributed by atoms with Crippen molar-refractivity contribution in [2.75, 3.05) is 49.9 Å². The quantitative estimate of drug-likeness (QED) is 0.537. The molecule has 8 nitrogen and oxygen atoms in total. The number of carbonyl (C=O) groups excluding carboxylic acids is 3. The molecule has 0 bridgehead atoms. The van der Waals surface area contributed by atoms with Gasteiger partial charge >= 0.3 is 6.03 Å². The first kappa shape index (κ1) is 24.3. The van der Waals surface area contributed by atoms with Gasteiger partial charge in [-0.25, -0.2) is 4.79 Å². The van der Waals surface area contributed by atoms with Gasteiger partial charge in [-0.1, -0.05) is 24.3 Å². The summed E-state index contributed by atoms with van der Waals surface area (Å²) in [6.45, 7) is 8.14. The summed E-state index contributed by atoms with van der Waals surface area (Å²) in [6, 6.07) is 15.0. The molecule has 8 heteroatoms. The number of unbranched alkanes of at least 4 members (excludes halogenated alkanes) is 1. The molecule has 2 aromatic carbocycles. The van der Waals surface area contributed by atoms with Crippen molar-refractivity contribution in [1.82, 2.24) is 15.1 Å². The fourth-order valence-electron chi connectivity index (χ4n) is 3.85. The average Bonchev–Trinajstić information content (AvgIpc) is 2.79. The number of carbonyl (C=O) groups is 3.